The fourth-order valence-corrected chi connectivity index (χ4v) is 2.19. The van der Waals surface area contributed by atoms with Gasteiger partial charge in [-0.25, -0.2) is 9.66 Å². The third-order valence-electron chi connectivity index (χ3n) is 2.65. The Morgan fingerprint density at radius 1 is 1.43 bits per heavy atom. The minimum Gasteiger partial charge on any atom is -0.365 e. The number of thioether (sulfide) groups is 1. The van der Waals surface area contributed by atoms with Crippen LogP contribution in [0.1, 0.15) is 15.9 Å². The normalized spacial score (nSPS) is 10.4. The Bertz CT molecular complexity index is 758. The molecule has 110 valence electrons. The van der Waals surface area contributed by atoms with Gasteiger partial charge in [0.05, 0.1) is 11.9 Å². The van der Waals surface area contributed by atoms with Crippen molar-refractivity contribution >= 4 is 29.2 Å². The van der Waals surface area contributed by atoms with Crippen molar-refractivity contribution in [1.29, 1.82) is 0 Å². The van der Waals surface area contributed by atoms with Gasteiger partial charge in [-0.2, -0.15) is 0 Å². The number of aryl methyl sites for hydroxylation is 1. The van der Waals surface area contributed by atoms with Gasteiger partial charge in [0, 0.05) is 6.20 Å². The number of nitrogen functional groups attached to an aromatic ring is 1. The van der Waals surface area contributed by atoms with Crippen LogP contribution in [0, 0.1) is 6.92 Å². The molecule has 0 aliphatic heterocycles. The summed E-state index contributed by atoms with van der Waals surface area (Å²) in [5.74, 6) is 4.75. The van der Waals surface area contributed by atoms with E-state index >= 15 is 0 Å². The van der Waals surface area contributed by atoms with E-state index in [0.29, 0.717) is 5.69 Å². The maximum absolute atomic E-state index is 12.1. The first-order valence-corrected chi connectivity index (χ1v) is 7.11. The molecular formula is C12H14N6O2S. The molecule has 1 amide bonds. The fraction of sp³-hybridized carbons (Fsp3) is 0.167. The largest absolute Gasteiger partial charge is 0.365 e. The van der Waals surface area contributed by atoms with E-state index in [4.69, 9.17) is 11.6 Å². The van der Waals surface area contributed by atoms with E-state index < -0.39 is 11.5 Å². The topological polar surface area (TPSA) is 129 Å². The van der Waals surface area contributed by atoms with Gasteiger partial charge in [0.2, 0.25) is 0 Å². The van der Waals surface area contributed by atoms with Crippen LogP contribution in [-0.4, -0.2) is 26.8 Å². The maximum atomic E-state index is 12.1. The van der Waals surface area contributed by atoms with Crippen LogP contribution in [0.3, 0.4) is 0 Å². The molecule has 2 rings (SSSR count). The molecule has 21 heavy (non-hydrogen) atoms. The highest BCUT2D eigenvalue weighted by atomic mass is 32.2. The highest BCUT2D eigenvalue weighted by molar-refractivity contribution is 7.98. The van der Waals surface area contributed by atoms with Crippen LogP contribution in [0.2, 0.25) is 0 Å². The number of carbonyl (C=O) groups is 1. The minimum atomic E-state index is -0.900. The van der Waals surface area contributed by atoms with Crippen molar-refractivity contribution in [3.05, 3.63) is 39.9 Å². The number of amides is 1. The summed E-state index contributed by atoms with van der Waals surface area (Å²) in [7, 11) is 0. The predicted octanol–water partition coefficient (Wildman–Crippen LogP) is 0.225. The molecule has 0 aliphatic carbocycles. The number of aromatic nitrogens is 3. The first kappa shape index (κ1) is 14.9. The molecule has 5 N–H and O–H groups in total. The highest BCUT2D eigenvalue weighted by Gasteiger charge is 2.19. The third-order valence-corrected chi connectivity index (χ3v) is 3.30. The van der Waals surface area contributed by atoms with Crippen LogP contribution < -0.4 is 22.5 Å². The van der Waals surface area contributed by atoms with Crippen LogP contribution in [-0.2, 0) is 0 Å². The van der Waals surface area contributed by atoms with Crippen LogP contribution in [0.4, 0.5) is 11.5 Å². The van der Waals surface area contributed by atoms with E-state index in [0.717, 1.165) is 10.2 Å². The smallest absolute Gasteiger partial charge is 0.287 e. The van der Waals surface area contributed by atoms with Crippen molar-refractivity contribution in [2.24, 2.45) is 5.73 Å². The number of hydrogen-bond acceptors (Lipinski definition) is 7. The van der Waals surface area contributed by atoms with Gasteiger partial charge < -0.3 is 16.9 Å². The van der Waals surface area contributed by atoms with E-state index in [1.54, 1.807) is 24.7 Å². The second-order valence-corrected chi connectivity index (χ2v) is 5.01. The molecule has 0 fully saturated rings. The predicted molar refractivity (Wildman–Crippen MR) is 81.2 cm³/mol. The summed E-state index contributed by atoms with van der Waals surface area (Å²) in [5.41, 5.74) is 5.75. The monoisotopic (exact) mass is 306 g/mol. The van der Waals surface area contributed by atoms with Gasteiger partial charge in [0.15, 0.2) is 11.0 Å². The number of rotatable bonds is 4. The second-order valence-electron chi connectivity index (χ2n) is 4.24. The number of anilines is 2. The zero-order chi connectivity index (χ0) is 15.6. The molecular weight excluding hydrogens is 292 g/mol. The number of carbonyl (C=O) groups excluding carboxylic acids is 1. The molecule has 2 aromatic heterocycles. The lowest BCUT2D eigenvalue weighted by Crippen LogP contribution is -2.36. The summed E-state index contributed by atoms with van der Waals surface area (Å²) < 4.78 is 0.796. The van der Waals surface area contributed by atoms with Crippen molar-refractivity contribution < 1.29 is 4.79 Å². The molecule has 0 atom stereocenters. The van der Waals surface area contributed by atoms with Crippen molar-refractivity contribution in [1.82, 2.24) is 14.6 Å². The number of nitrogens with one attached hydrogen (secondary N) is 1. The van der Waals surface area contributed by atoms with Gasteiger partial charge in [-0.05, 0) is 24.8 Å². The second kappa shape index (κ2) is 5.83. The van der Waals surface area contributed by atoms with Crippen molar-refractivity contribution in [3.63, 3.8) is 0 Å². The lowest BCUT2D eigenvalue weighted by molar-refractivity contribution is 0.0998. The molecule has 2 aromatic rings. The number of pyridine rings is 1. The maximum Gasteiger partial charge on any atom is 0.287 e. The Morgan fingerprint density at radius 3 is 2.71 bits per heavy atom. The third kappa shape index (κ3) is 2.97. The lowest BCUT2D eigenvalue weighted by atomic mass is 10.2. The molecule has 9 heteroatoms. The summed E-state index contributed by atoms with van der Waals surface area (Å²) in [6.45, 7) is 1.87. The quantitative estimate of drug-likeness (QED) is 0.419. The molecule has 0 spiro atoms. The van der Waals surface area contributed by atoms with E-state index in [9.17, 15) is 9.59 Å². The first-order valence-electron chi connectivity index (χ1n) is 5.88. The summed E-state index contributed by atoms with van der Waals surface area (Å²) in [5, 5.41) is 3.14. The first-order chi connectivity index (χ1) is 9.93. The number of nitrogens with zero attached hydrogens (tertiary/aromatic N) is 3. The zero-order valence-corrected chi connectivity index (χ0v) is 12.3. The minimum absolute atomic E-state index is 0.0611. The van der Waals surface area contributed by atoms with E-state index in [-0.39, 0.29) is 16.5 Å². The van der Waals surface area contributed by atoms with Crippen LogP contribution >= 0.6 is 11.8 Å². The molecule has 0 radical (unpaired) electrons. The van der Waals surface area contributed by atoms with E-state index in [1.165, 1.54) is 11.8 Å². The lowest BCUT2D eigenvalue weighted by Gasteiger charge is -2.12. The molecule has 2 heterocycles. The van der Waals surface area contributed by atoms with E-state index in [1.807, 2.05) is 6.92 Å². The number of primary amides is 1. The fourth-order valence-electron chi connectivity index (χ4n) is 1.73. The molecule has 0 saturated carbocycles. The average molecular weight is 306 g/mol. The Kier molecular flexibility index (Phi) is 4.13. The highest BCUT2D eigenvalue weighted by Crippen LogP contribution is 2.19. The molecule has 0 aliphatic rings. The summed E-state index contributed by atoms with van der Waals surface area (Å²) in [4.78, 5) is 31.8. The molecule has 0 unspecified atom stereocenters. The van der Waals surface area contributed by atoms with Crippen molar-refractivity contribution in [2.75, 3.05) is 17.4 Å². The number of nitrogens with two attached hydrogens (primary N) is 2. The molecule has 8 nitrogen and oxygen atoms in total. The van der Waals surface area contributed by atoms with Crippen molar-refractivity contribution in [2.45, 2.75) is 12.1 Å². The molecule has 0 saturated heterocycles. The number of hydrogen-bond donors (Lipinski definition) is 3. The SMILES string of the molecule is CSc1nc(Nc2cncc(C)c2)c(C(N)=O)c(=O)n1N. The summed E-state index contributed by atoms with van der Waals surface area (Å²) in [6, 6.07) is 1.80. The Morgan fingerprint density at radius 2 is 2.14 bits per heavy atom. The van der Waals surface area contributed by atoms with Gasteiger partial charge in [-0.15, -0.1) is 0 Å². The molecule has 0 aromatic carbocycles. The van der Waals surface area contributed by atoms with Crippen LogP contribution in [0.15, 0.2) is 28.4 Å². The standard InChI is InChI=1S/C12H14N6O2S/c1-6-3-7(5-15-4-6)16-10-8(9(13)19)11(20)18(14)12(17-10)21-2/h3-5,16H,14H2,1-2H3,(H2,13,19). The molecule has 0 bridgehead atoms. The van der Waals surface area contributed by atoms with Crippen LogP contribution in [0.25, 0.3) is 0 Å². The Hall–Kier alpha value is -2.55. The van der Waals surface area contributed by atoms with Crippen molar-refractivity contribution in [3.8, 4) is 0 Å². The Labute approximate surface area is 124 Å². The van der Waals surface area contributed by atoms with Crippen LogP contribution in [0.5, 0.6) is 0 Å². The van der Waals surface area contributed by atoms with Gasteiger partial charge in [-0.1, -0.05) is 11.8 Å². The zero-order valence-electron chi connectivity index (χ0n) is 11.5. The average Bonchev–Trinajstić information content (AvgIpc) is 2.42. The van der Waals surface area contributed by atoms with E-state index in [2.05, 4.69) is 15.3 Å². The Balaban J connectivity index is 2.59. The summed E-state index contributed by atoms with van der Waals surface area (Å²) in [6.07, 6.45) is 4.94. The van der Waals surface area contributed by atoms with Gasteiger partial charge >= 0.3 is 0 Å². The van der Waals surface area contributed by atoms with Gasteiger partial charge in [0.25, 0.3) is 11.5 Å². The van der Waals surface area contributed by atoms with Gasteiger partial charge in [0.1, 0.15) is 5.56 Å². The summed E-state index contributed by atoms with van der Waals surface area (Å²) >= 11 is 1.18. The van der Waals surface area contributed by atoms with Gasteiger partial charge in [-0.3, -0.25) is 14.6 Å².